The van der Waals surface area contributed by atoms with Crippen molar-refractivity contribution in [3.63, 3.8) is 0 Å². The molecule has 0 fully saturated rings. The van der Waals surface area contributed by atoms with Gasteiger partial charge in [0.15, 0.2) is 0 Å². The second-order valence-corrected chi connectivity index (χ2v) is 2.40. The average Bonchev–Trinajstić information content (AvgIpc) is 2.16. The van der Waals surface area contributed by atoms with Crippen molar-refractivity contribution >= 4 is 5.69 Å². The first-order valence-corrected chi connectivity index (χ1v) is 3.61. The van der Waals surface area contributed by atoms with E-state index < -0.39 is 6.43 Å². The molecule has 0 spiro atoms. The van der Waals surface area contributed by atoms with Crippen LogP contribution in [0.5, 0.6) is 5.75 Å². The number of anilines is 1. The molecule has 5 heteroatoms. The van der Waals surface area contributed by atoms with Crippen molar-refractivity contribution in [2.24, 2.45) is 5.84 Å². The third kappa shape index (κ3) is 2.06. The number of hydrogen-bond acceptors (Lipinski definition) is 3. The SMILES string of the molecule is COc1cc(NN)ccc1C(F)F. The maximum Gasteiger partial charge on any atom is 0.267 e. The van der Waals surface area contributed by atoms with E-state index in [4.69, 9.17) is 10.6 Å². The lowest BCUT2D eigenvalue weighted by molar-refractivity contribution is 0.147. The van der Waals surface area contributed by atoms with E-state index in [1.807, 2.05) is 0 Å². The molecule has 0 unspecified atom stereocenters. The van der Waals surface area contributed by atoms with E-state index in [2.05, 4.69) is 5.43 Å². The lowest BCUT2D eigenvalue weighted by Gasteiger charge is -2.09. The Balaban J connectivity index is 3.08. The number of rotatable bonds is 3. The molecule has 0 amide bonds. The van der Waals surface area contributed by atoms with Gasteiger partial charge in [0.1, 0.15) is 5.75 Å². The van der Waals surface area contributed by atoms with Crippen molar-refractivity contribution in [2.75, 3.05) is 12.5 Å². The van der Waals surface area contributed by atoms with Gasteiger partial charge in [-0.3, -0.25) is 5.84 Å². The van der Waals surface area contributed by atoms with Crippen LogP contribution in [-0.4, -0.2) is 7.11 Å². The lowest BCUT2D eigenvalue weighted by Crippen LogP contribution is -2.07. The number of halogens is 2. The van der Waals surface area contributed by atoms with Gasteiger partial charge in [-0.1, -0.05) is 0 Å². The Morgan fingerprint density at radius 2 is 2.15 bits per heavy atom. The summed E-state index contributed by atoms with van der Waals surface area (Å²) in [5.74, 6) is 5.24. The quantitative estimate of drug-likeness (QED) is 0.562. The largest absolute Gasteiger partial charge is 0.496 e. The van der Waals surface area contributed by atoms with Crippen LogP contribution < -0.4 is 16.0 Å². The summed E-state index contributed by atoms with van der Waals surface area (Å²) in [5.41, 5.74) is 2.73. The molecule has 3 N–H and O–H groups in total. The lowest BCUT2D eigenvalue weighted by atomic mass is 10.2. The number of nitrogens with two attached hydrogens (primary N) is 1. The molecule has 0 aliphatic heterocycles. The molecule has 0 atom stereocenters. The van der Waals surface area contributed by atoms with Crippen molar-refractivity contribution in [1.29, 1.82) is 0 Å². The summed E-state index contributed by atoms with van der Waals surface area (Å²) in [7, 11) is 1.33. The van der Waals surface area contributed by atoms with Crippen molar-refractivity contribution in [2.45, 2.75) is 6.43 Å². The zero-order valence-electron chi connectivity index (χ0n) is 7.05. The van der Waals surface area contributed by atoms with Crippen LogP contribution in [0.15, 0.2) is 18.2 Å². The minimum Gasteiger partial charge on any atom is -0.496 e. The Morgan fingerprint density at radius 1 is 1.46 bits per heavy atom. The molecule has 3 nitrogen and oxygen atoms in total. The smallest absolute Gasteiger partial charge is 0.267 e. The molecule has 0 aliphatic rings. The van der Waals surface area contributed by atoms with Gasteiger partial charge in [-0.2, -0.15) is 0 Å². The highest BCUT2D eigenvalue weighted by molar-refractivity contribution is 5.51. The van der Waals surface area contributed by atoms with E-state index in [9.17, 15) is 8.78 Å². The Kier molecular flexibility index (Phi) is 3.02. The van der Waals surface area contributed by atoms with E-state index in [0.29, 0.717) is 5.69 Å². The first-order chi connectivity index (χ1) is 6.19. The van der Waals surface area contributed by atoms with Crippen LogP contribution in [0.3, 0.4) is 0 Å². The topological polar surface area (TPSA) is 47.3 Å². The van der Waals surface area contributed by atoms with Crippen molar-refractivity contribution in [3.8, 4) is 5.75 Å². The number of hydrogen-bond donors (Lipinski definition) is 2. The summed E-state index contributed by atoms with van der Waals surface area (Å²) in [6.07, 6.45) is -2.54. The molecule has 0 aromatic heterocycles. The second kappa shape index (κ2) is 4.04. The Labute approximate surface area is 74.5 Å². The van der Waals surface area contributed by atoms with Gasteiger partial charge < -0.3 is 10.2 Å². The fraction of sp³-hybridized carbons (Fsp3) is 0.250. The minimum absolute atomic E-state index is 0.130. The predicted molar refractivity (Wildman–Crippen MR) is 45.8 cm³/mol. The summed E-state index contributed by atoms with van der Waals surface area (Å²) < 4.78 is 29.4. The van der Waals surface area contributed by atoms with Crippen molar-refractivity contribution in [1.82, 2.24) is 0 Å². The number of ether oxygens (including phenoxy) is 1. The first-order valence-electron chi connectivity index (χ1n) is 3.61. The molecule has 1 aromatic rings. The monoisotopic (exact) mass is 188 g/mol. The van der Waals surface area contributed by atoms with Gasteiger partial charge in [-0.15, -0.1) is 0 Å². The van der Waals surface area contributed by atoms with Crippen molar-refractivity contribution in [3.05, 3.63) is 23.8 Å². The van der Waals surface area contributed by atoms with E-state index in [1.165, 1.54) is 25.3 Å². The number of methoxy groups -OCH3 is 1. The zero-order valence-corrected chi connectivity index (χ0v) is 7.05. The van der Waals surface area contributed by atoms with Crippen LogP contribution in [0.25, 0.3) is 0 Å². The number of benzene rings is 1. The molecule has 0 bridgehead atoms. The standard InChI is InChI=1S/C8H10F2N2O/c1-13-7-4-5(12-11)2-3-6(7)8(9)10/h2-4,8,12H,11H2,1H3. The van der Waals surface area contributed by atoms with Gasteiger partial charge >= 0.3 is 0 Å². The van der Waals surface area contributed by atoms with Gasteiger partial charge in [-0.05, 0) is 12.1 Å². The molecular formula is C8H10F2N2O. The molecule has 0 saturated heterocycles. The maximum atomic E-state index is 12.3. The van der Waals surface area contributed by atoms with Crippen LogP contribution in [0.1, 0.15) is 12.0 Å². The van der Waals surface area contributed by atoms with E-state index >= 15 is 0 Å². The molecule has 1 aromatic carbocycles. The minimum atomic E-state index is -2.54. The van der Waals surface area contributed by atoms with Gasteiger partial charge in [0.25, 0.3) is 6.43 Å². The zero-order chi connectivity index (χ0) is 9.84. The summed E-state index contributed by atoms with van der Waals surface area (Å²) in [5, 5.41) is 0. The number of nitrogen functional groups attached to an aromatic ring is 1. The molecule has 0 saturated carbocycles. The molecule has 13 heavy (non-hydrogen) atoms. The van der Waals surface area contributed by atoms with Crippen LogP contribution in [0.2, 0.25) is 0 Å². The van der Waals surface area contributed by atoms with E-state index in [1.54, 1.807) is 0 Å². The van der Waals surface area contributed by atoms with Gasteiger partial charge in [-0.25, -0.2) is 8.78 Å². The average molecular weight is 188 g/mol. The fourth-order valence-electron chi connectivity index (χ4n) is 0.981. The molecule has 0 radical (unpaired) electrons. The molecule has 1 rings (SSSR count). The summed E-state index contributed by atoms with van der Waals surface area (Å²) >= 11 is 0. The highest BCUT2D eigenvalue weighted by Crippen LogP contribution is 2.30. The van der Waals surface area contributed by atoms with Gasteiger partial charge in [0.2, 0.25) is 0 Å². The summed E-state index contributed by atoms with van der Waals surface area (Å²) in [6, 6.07) is 4.16. The van der Waals surface area contributed by atoms with Crippen LogP contribution in [0, 0.1) is 0 Å². The van der Waals surface area contributed by atoms with E-state index in [-0.39, 0.29) is 11.3 Å². The first kappa shape index (κ1) is 9.73. The summed E-state index contributed by atoms with van der Waals surface area (Å²) in [6.45, 7) is 0. The number of hydrazine groups is 1. The normalized spacial score (nSPS) is 10.2. The van der Waals surface area contributed by atoms with Crippen molar-refractivity contribution < 1.29 is 13.5 Å². The van der Waals surface area contributed by atoms with Crippen LogP contribution in [0.4, 0.5) is 14.5 Å². The third-order valence-electron chi connectivity index (χ3n) is 1.64. The van der Waals surface area contributed by atoms with Crippen LogP contribution >= 0.6 is 0 Å². The number of alkyl halides is 2. The Morgan fingerprint density at radius 3 is 2.62 bits per heavy atom. The Hall–Kier alpha value is -1.36. The summed E-state index contributed by atoms with van der Waals surface area (Å²) in [4.78, 5) is 0. The number of nitrogens with one attached hydrogen (secondary N) is 1. The molecule has 0 heterocycles. The fourth-order valence-corrected chi connectivity index (χ4v) is 0.981. The molecule has 0 aliphatic carbocycles. The highest BCUT2D eigenvalue weighted by atomic mass is 19.3. The molecule has 72 valence electrons. The van der Waals surface area contributed by atoms with E-state index in [0.717, 1.165) is 0 Å². The van der Waals surface area contributed by atoms with Gasteiger partial charge in [0.05, 0.1) is 18.4 Å². The highest BCUT2D eigenvalue weighted by Gasteiger charge is 2.13. The predicted octanol–water partition coefficient (Wildman–Crippen LogP) is 1.92. The maximum absolute atomic E-state index is 12.3. The van der Waals surface area contributed by atoms with Gasteiger partial charge in [0, 0.05) is 6.07 Å². The Bertz CT molecular complexity index is 291. The molecular weight excluding hydrogens is 178 g/mol. The second-order valence-electron chi connectivity index (χ2n) is 2.40. The third-order valence-corrected chi connectivity index (χ3v) is 1.64. The van der Waals surface area contributed by atoms with Crippen LogP contribution in [-0.2, 0) is 0 Å².